The van der Waals surface area contributed by atoms with Crippen molar-refractivity contribution in [2.24, 2.45) is 0 Å². The van der Waals surface area contributed by atoms with Gasteiger partial charge >= 0.3 is 0 Å². The van der Waals surface area contributed by atoms with Gasteiger partial charge in [0.2, 0.25) is 0 Å². The van der Waals surface area contributed by atoms with Crippen LogP contribution < -0.4 is 10.6 Å². The van der Waals surface area contributed by atoms with Crippen molar-refractivity contribution in [1.82, 2.24) is 14.9 Å². The number of hydrogen-bond acceptors (Lipinski definition) is 5. The third-order valence-corrected chi connectivity index (χ3v) is 3.65. The highest BCUT2D eigenvalue weighted by molar-refractivity contribution is 5.47. The van der Waals surface area contributed by atoms with E-state index in [1.165, 1.54) is 19.4 Å². The summed E-state index contributed by atoms with van der Waals surface area (Å²) in [6, 6.07) is 2.49. The van der Waals surface area contributed by atoms with E-state index in [2.05, 4.69) is 39.3 Å². The van der Waals surface area contributed by atoms with Gasteiger partial charge in [0, 0.05) is 32.1 Å². The molecule has 1 aromatic heterocycles. The highest BCUT2D eigenvalue weighted by Crippen LogP contribution is 2.17. The summed E-state index contributed by atoms with van der Waals surface area (Å²) in [5.74, 6) is 2.72. The molecule has 1 aliphatic heterocycles. The number of likely N-dealkylation sites (N-methyl/N-ethyl adjacent to an activating group) is 1. The van der Waals surface area contributed by atoms with Crippen LogP contribution in [0.15, 0.2) is 6.07 Å². The maximum Gasteiger partial charge on any atom is 0.132 e. The van der Waals surface area contributed by atoms with Gasteiger partial charge in [-0.2, -0.15) is 0 Å². The van der Waals surface area contributed by atoms with Crippen molar-refractivity contribution in [3.63, 3.8) is 0 Å². The molecular weight excluding hydrogens is 238 g/mol. The fraction of sp³-hybridized carbons (Fsp3) is 0.714. The highest BCUT2D eigenvalue weighted by Gasteiger charge is 2.19. The SMILES string of the molecule is CCc1nc(NC)cc(NC2CCCN(CC)C2)n1. The second kappa shape index (κ2) is 6.70. The van der Waals surface area contributed by atoms with Crippen molar-refractivity contribution in [1.29, 1.82) is 0 Å². The lowest BCUT2D eigenvalue weighted by Crippen LogP contribution is -2.42. The number of piperidine rings is 1. The highest BCUT2D eigenvalue weighted by atomic mass is 15.2. The number of rotatable bonds is 5. The molecule has 0 aliphatic carbocycles. The Morgan fingerprint density at radius 2 is 2.11 bits per heavy atom. The van der Waals surface area contributed by atoms with Gasteiger partial charge in [-0.1, -0.05) is 13.8 Å². The molecule has 5 heteroatoms. The molecule has 1 atom stereocenters. The zero-order valence-corrected chi connectivity index (χ0v) is 12.2. The Morgan fingerprint density at radius 1 is 1.32 bits per heavy atom. The maximum atomic E-state index is 4.56. The smallest absolute Gasteiger partial charge is 0.132 e. The molecule has 0 amide bonds. The van der Waals surface area contributed by atoms with Crippen molar-refractivity contribution < 1.29 is 0 Å². The predicted octanol–water partition coefficient (Wildman–Crippen LogP) is 1.98. The third kappa shape index (κ3) is 3.80. The van der Waals surface area contributed by atoms with Crippen LogP contribution in [0.2, 0.25) is 0 Å². The van der Waals surface area contributed by atoms with Crippen LogP contribution in [0, 0.1) is 0 Å². The average Bonchev–Trinajstić information content (AvgIpc) is 2.47. The van der Waals surface area contributed by atoms with Gasteiger partial charge in [0.1, 0.15) is 17.5 Å². The molecule has 5 nitrogen and oxygen atoms in total. The van der Waals surface area contributed by atoms with E-state index in [1.54, 1.807) is 0 Å². The molecule has 0 bridgehead atoms. The summed E-state index contributed by atoms with van der Waals surface area (Å²) in [7, 11) is 1.89. The summed E-state index contributed by atoms with van der Waals surface area (Å²) in [5, 5.41) is 6.66. The van der Waals surface area contributed by atoms with E-state index in [0.29, 0.717) is 6.04 Å². The summed E-state index contributed by atoms with van der Waals surface area (Å²) in [4.78, 5) is 11.5. The molecule has 0 saturated carbocycles. The Kier molecular flexibility index (Phi) is 4.96. The van der Waals surface area contributed by atoms with E-state index >= 15 is 0 Å². The summed E-state index contributed by atoms with van der Waals surface area (Å²) in [6.45, 7) is 7.76. The third-order valence-electron chi connectivity index (χ3n) is 3.65. The molecule has 2 rings (SSSR count). The van der Waals surface area contributed by atoms with Crippen molar-refractivity contribution in [3.05, 3.63) is 11.9 Å². The van der Waals surface area contributed by atoms with Gasteiger partial charge < -0.3 is 15.5 Å². The average molecular weight is 263 g/mol. The molecule has 2 N–H and O–H groups in total. The standard InChI is InChI=1S/C14H25N5/c1-4-12-17-13(15-3)9-14(18-12)16-11-7-6-8-19(5-2)10-11/h9,11H,4-8,10H2,1-3H3,(H2,15,16,17,18). The molecule has 19 heavy (non-hydrogen) atoms. The Labute approximate surface area is 115 Å². The van der Waals surface area contributed by atoms with Gasteiger partial charge in [-0.15, -0.1) is 0 Å². The normalized spacial score (nSPS) is 20.3. The van der Waals surface area contributed by atoms with Gasteiger partial charge in [-0.25, -0.2) is 9.97 Å². The number of aromatic nitrogens is 2. The van der Waals surface area contributed by atoms with Crippen LogP contribution >= 0.6 is 0 Å². The van der Waals surface area contributed by atoms with Crippen LogP contribution in [0.3, 0.4) is 0 Å². The van der Waals surface area contributed by atoms with Gasteiger partial charge in [0.05, 0.1) is 0 Å². The first-order valence-electron chi connectivity index (χ1n) is 7.29. The molecule has 0 spiro atoms. The molecule has 0 radical (unpaired) electrons. The van der Waals surface area contributed by atoms with Gasteiger partial charge in [0.15, 0.2) is 0 Å². The minimum absolute atomic E-state index is 0.498. The minimum atomic E-state index is 0.498. The van der Waals surface area contributed by atoms with E-state index in [1.807, 2.05) is 13.1 Å². The molecule has 0 aromatic carbocycles. The molecule has 1 saturated heterocycles. The fourth-order valence-electron chi connectivity index (χ4n) is 2.53. The largest absolute Gasteiger partial charge is 0.373 e. The number of hydrogen-bond donors (Lipinski definition) is 2. The Morgan fingerprint density at radius 3 is 2.79 bits per heavy atom. The lowest BCUT2D eigenvalue weighted by Gasteiger charge is -2.32. The summed E-state index contributed by atoms with van der Waals surface area (Å²) in [6.07, 6.45) is 3.34. The van der Waals surface area contributed by atoms with E-state index in [9.17, 15) is 0 Å². The second-order valence-corrected chi connectivity index (χ2v) is 5.03. The summed E-state index contributed by atoms with van der Waals surface area (Å²) in [5.41, 5.74) is 0. The maximum absolute atomic E-state index is 4.56. The predicted molar refractivity (Wildman–Crippen MR) is 79.7 cm³/mol. The van der Waals surface area contributed by atoms with Crippen molar-refractivity contribution in [2.45, 2.75) is 39.2 Å². The number of aryl methyl sites for hydroxylation is 1. The van der Waals surface area contributed by atoms with Gasteiger partial charge in [0.25, 0.3) is 0 Å². The van der Waals surface area contributed by atoms with Crippen LogP contribution in [-0.2, 0) is 6.42 Å². The molecule has 106 valence electrons. The van der Waals surface area contributed by atoms with E-state index in [0.717, 1.165) is 37.0 Å². The zero-order chi connectivity index (χ0) is 13.7. The van der Waals surface area contributed by atoms with E-state index in [-0.39, 0.29) is 0 Å². The first-order chi connectivity index (χ1) is 9.25. The van der Waals surface area contributed by atoms with Crippen molar-refractivity contribution >= 4 is 11.6 Å². The quantitative estimate of drug-likeness (QED) is 0.850. The first-order valence-corrected chi connectivity index (χ1v) is 7.29. The zero-order valence-electron chi connectivity index (χ0n) is 12.2. The second-order valence-electron chi connectivity index (χ2n) is 5.03. The van der Waals surface area contributed by atoms with E-state index < -0.39 is 0 Å². The van der Waals surface area contributed by atoms with Crippen molar-refractivity contribution in [3.8, 4) is 0 Å². The number of likely N-dealkylation sites (tertiary alicyclic amines) is 1. The van der Waals surface area contributed by atoms with Crippen LogP contribution in [0.1, 0.15) is 32.5 Å². The molecule has 1 aromatic rings. The van der Waals surface area contributed by atoms with Crippen LogP contribution in [0.25, 0.3) is 0 Å². The number of nitrogens with zero attached hydrogens (tertiary/aromatic N) is 3. The Bertz CT molecular complexity index is 385. The lowest BCUT2D eigenvalue weighted by molar-refractivity contribution is 0.226. The lowest BCUT2D eigenvalue weighted by atomic mass is 10.1. The molecule has 1 fully saturated rings. The first kappa shape index (κ1) is 14.1. The monoisotopic (exact) mass is 263 g/mol. The van der Waals surface area contributed by atoms with Crippen LogP contribution in [0.5, 0.6) is 0 Å². The number of nitrogens with one attached hydrogen (secondary N) is 2. The molecular formula is C14H25N5. The number of anilines is 2. The summed E-state index contributed by atoms with van der Waals surface area (Å²) < 4.78 is 0. The van der Waals surface area contributed by atoms with Crippen LogP contribution in [-0.4, -0.2) is 47.6 Å². The molecule has 2 heterocycles. The topological polar surface area (TPSA) is 53.1 Å². The van der Waals surface area contributed by atoms with Crippen LogP contribution in [0.4, 0.5) is 11.6 Å². The summed E-state index contributed by atoms with van der Waals surface area (Å²) >= 11 is 0. The fourth-order valence-corrected chi connectivity index (χ4v) is 2.53. The van der Waals surface area contributed by atoms with Gasteiger partial charge in [-0.05, 0) is 25.9 Å². The molecule has 1 aliphatic rings. The van der Waals surface area contributed by atoms with E-state index in [4.69, 9.17) is 0 Å². The Balaban J connectivity index is 2.05. The van der Waals surface area contributed by atoms with Crippen molar-refractivity contribution in [2.75, 3.05) is 37.3 Å². The Hall–Kier alpha value is -1.36. The van der Waals surface area contributed by atoms with Gasteiger partial charge in [-0.3, -0.25) is 0 Å². The molecule has 1 unspecified atom stereocenters. The minimum Gasteiger partial charge on any atom is -0.373 e.